The van der Waals surface area contributed by atoms with E-state index in [4.69, 9.17) is 0 Å². The first-order valence-electron chi connectivity index (χ1n) is 7.09. The van der Waals surface area contributed by atoms with Crippen molar-refractivity contribution in [2.45, 2.75) is 26.7 Å². The maximum Gasteiger partial charge on any atom is 0.190 e. The maximum atomic E-state index is 12.1. The Morgan fingerprint density at radius 2 is 1.81 bits per heavy atom. The zero-order valence-electron chi connectivity index (χ0n) is 12.7. The predicted molar refractivity (Wildman–Crippen MR) is 81.5 cm³/mol. The SMILES string of the molecule is CC(C)Cc1ccc(C(=O)CC(=O)c2cn(C)cn2)cc1. The highest BCUT2D eigenvalue weighted by atomic mass is 16.1. The Bertz CT molecular complexity index is 639. The maximum absolute atomic E-state index is 12.1. The van der Waals surface area contributed by atoms with Crippen molar-refractivity contribution in [2.24, 2.45) is 13.0 Å². The molecule has 4 nitrogen and oxygen atoms in total. The summed E-state index contributed by atoms with van der Waals surface area (Å²) in [5.74, 6) is 0.172. The van der Waals surface area contributed by atoms with E-state index >= 15 is 0 Å². The third-order valence-corrected chi connectivity index (χ3v) is 3.23. The van der Waals surface area contributed by atoms with E-state index < -0.39 is 0 Å². The summed E-state index contributed by atoms with van der Waals surface area (Å²) in [5.41, 5.74) is 2.12. The molecule has 0 bridgehead atoms. The molecular weight excluding hydrogens is 264 g/mol. The van der Waals surface area contributed by atoms with Crippen LogP contribution in [0.1, 0.15) is 46.7 Å². The van der Waals surface area contributed by atoms with Crippen LogP contribution in [0.15, 0.2) is 36.8 Å². The molecule has 1 heterocycles. The van der Waals surface area contributed by atoms with E-state index in [9.17, 15) is 9.59 Å². The van der Waals surface area contributed by atoms with Gasteiger partial charge < -0.3 is 4.57 Å². The molecule has 0 saturated carbocycles. The standard InChI is InChI=1S/C17H20N2O2/c1-12(2)8-13-4-6-14(7-5-13)16(20)9-17(21)15-10-19(3)11-18-15/h4-7,10-12H,8-9H2,1-3H3. The van der Waals surface area contributed by atoms with Gasteiger partial charge in [-0.05, 0) is 17.9 Å². The summed E-state index contributed by atoms with van der Waals surface area (Å²) in [6.07, 6.45) is 4.03. The Morgan fingerprint density at radius 3 is 2.33 bits per heavy atom. The second-order valence-corrected chi connectivity index (χ2v) is 5.74. The minimum absolute atomic E-state index is 0.138. The number of hydrogen-bond donors (Lipinski definition) is 0. The molecule has 0 aliphatic carbocycles. The Morgan fingerprint density at radius 1 is 1.14 bits per heavy atom. The van der Waals surface area contributed by atoms with E-state index in [1.54, 1.807) is 36.3 Å². The molecule has 1 aromatic heterocycles. The summed E-state index contributed by atoms with van der Waals surface area (Å²) in [6.45, 7) is 4.31. The van der Waals surface area contributed by atoms with Gasteiger partial charge in [0.2, 0.25) is 0 Å². The highest BCUT2D eigenvalue weighted by Gasteiger charge is 2.15. The number of rotatable bonds is 6. The number of nitrogens with zero attached hydrogens (tertiary/aromatic N) is 2. The first kappa shape index (κ1) is 15.2. The van der Waals surface area contributed by atoms with Gasteiger partial charge in [-0.25, -0.2) is 4.98 Å². The summed E-state index contributed by atoms with van der Waals surface area (Å²) in [5, 5.41) is 0. The smallest absolute Gasteiger partial charge is 0.190 e. The van der Waals surface area contributed by atoms with Gasteiger partial charge in [-0.1, -0.05) is 38.1 Å². The number of imidazole rings is 1. The molecule has 21 heavy (non-hydrogen) atoms. The van der Waals surface area contributed by atoms with Gasteiger partial charge in [-0.2, -0.15) is 0 Å². The zero-order valence-corrected chi connectivity index (χ0v) is 12.7. The van der Waals surface area contributed by atoms with Crippen molar-refractivity contribution in [3.8, 4) is 0 Å². The fourth-order valence-corrected chi connectivity index (χ4v) is 2.19. The van der Waals surface area contributed by atoms with Crippen molar-refractivity contribution >= 4 is 11.6 Å². The van der Waals surface area contributed by atoms with Gasteiger partial charge in [0.1, 0.15) is 5.69 Å². The molecule has 0 aliphatic heterocycles. The lowest BCUT2D eigenvalue weighted by atomic mass is 9.99. The van der Waals surface area contributed by atoms with Crippen LogP contribution in [0.2, 0.25) is 0 Å². The summed E-state index contributed by atoms with van der Waals surface area (Å²) in [7, 11) is 1.79. The van der Waals surface area contributed by atoms with Crippen LogP contribution in [0.3, 0.4) is 0 Å². The molecule has 0 aliphatic rings. The Kier molecular flexibility index (Phi) is 4.68. The topological polar surface area (TPSA) is 52.0 Å². The number of carbonyl (C=O) groups excluding carboxylic acids is 2. The van der Waals surface area contributed by atoms with E-state index in [1.807, 2.05) is 12.1 Å². The van der Waals surface area contributed by atoms with Gasteiger partial charge in [0.05, 0.1) is 12.7 Å². The average Bonchev–Trinajstić information content (AvgIpc) is 2.85. The number of aryl methyl sites for hydroxylation is 1. The molecule has 1 aromatic carbocycles. The number of aromatic nitrogens is 2. The van der Waals surface area contributed by atoms with Crippen LogP contribution < -0.4 is 0 Å². The second kappa shape index (κ2) is 6.48. The highest BCUT2D eigenvalue weighted by molar-refractivity contribution is 6.12. The van der Waals surface area contributed by atoms with E-state index in [1.165, 1.54) is 5.56 Å². The Labute approximate surface area is 124 Å². The third kappa shape index (κ3) is 4.12. The fourth-order valence-electron chi connectivity index (χ4n) is 2.19. The molecule has 0 N–H and O–H groups in total. The van der Waals surface area contributed by atoms with Crippen molar-refractivity contribution in [3.63, 3.8) is 0 Å². The van der Waals surface area contributed by atoms with Crippen LogP contribution in [0.25, 0.3) is 0 Å². The average molecular weight is 284 g/mol. The van der Waals surface area contributed by atoms with Gasteiger partial charge in [-0.3, -0.25) is 9.59 Å². The van der Waals surface area contributed by atoms with Crippen LogP contribution in [0, 0.1) is 5.92 Å². The zero-order chi connectivity index (χ0) is 15.4. The second-order valence-electron chi connectivity index (χ2n) is 5.74. The van der Waals surface area contributed by atoms with Crippen LogP contribution in [0.5, 0.6) is 0 Å². The lowest BCUT2D eigenvalue weighted by Gasteiger charge is -2.05. The van der Waals surface area contributed by atoms with Gasteiger partial charge in [0.25, 0.3) is 0 Å². The molecule has 0 fully saturated rings. The lowest BCUT2D eigenvalue weighted by molar-refractivity contribution is 0.0891. The first-order chi connectivity index (χ1) is 9.95. The summed E-state index contributed by atoms with van der Waals surface area (Å²) < 4.78 is 1.69. The first-order valence-corrected chi connectivity index (χ1v) is 7.09. The number of Topliss-reactive ketones (excluding diaryl/α,β-unsaturated/α-hetero) is 2. The fraction of sp³-hybridized carbons (Fsp3) is 0.353. The minimum Gasteiger partial charge on any atom is -0.340 e. The molecule has 110 valence electrons. The van der Waals surface area contributed by atoms with E-state index in [0.717, 1.165) is 6.42 Å². The number of ketones is 2. The molecule has 0 amide bonds. The molecule has 0 radical (unpaired) electrons. The molecule has 0 spiro atoms. The van der Waals surface area contributed by atoms with Crippen molar-refractivity contribution in [3.05, 3.63) is 53.6 Å². The molecule has 0 saturated heterocycles. The van der Waals surface area contributed by atoms with Gasteiger partial charge >= 0.3 is 0 Å². The van der Waals surface area contributed by atoms with Gasteiger partial charge in [0, 0.05) is 18.8 Å². The lowest BCUT2D eigenvalue weighted by Crippen LogP contribution is -2.09. The van der Waals surface area contributed by atoms with Crippen LogP contribution in [0.4, 0.5) is 0 Å². The van der Waals surface area contributed by atoms with Crippen molar-refractivity contribution < 1.29 is 9.59 Å². The van der Waals surface area contributed by atoms with Crippen molar-refractivity contribution in [1.29, 1.82) is 0 Å². The highest BCUT2D eigenvalue weighted by Crippen LogP contribution is 2.12. The number of carbonyl (C=O) groups is 2. The largest absolute Gasteiger partial charge is 0.340 e. The van der Waals surface area contributed by atoms with E-state index in [-0.39, 0.29) is 18.0 Å². The van der Waals surface area contributed by atoms with Crippen LogP contribution >= 0.6 is 0 Å². The molecule has 2 rings (SSSR count). The number of benzene rings is 1. The van der Waals surface area contributed by atoms with Gasteiger partial charge in [-0.15, -0.1) is 0 Å². The van der Waals surface area contributed by atoms with Crippen LogP contribution in [-0.4, -0.2) is 21.1 Å². The van der Waals surface area contributed by atoms with Crippen LogP contribution in [-0.2, 0) is 13.5 Å². The monoisotopic (exact) mass is 284 g/mol. The predicted octanol–water partition coefficient (Wildman–Crippen LogP) is 3.07. The molecule has 0 atom stereocenters. The third-order valence-electron chi connectivity index (χ3n) is 3.23. The molecule has 0 unspecified atom stereocenters. The summed E-state index contributed by atoms with van der Waals surface area (Å²) in [6, 6.07) is 7.51. The molecule has 2 aromatic rings. The number of hydrogen-bond acceptors (Lipinski definition) is 3. The molecule has 4 heteroatoms. The van der Waals surface area contributed by atoms with Crippen molar-refractivity contribution in [2.75, 3.05) is 0 Å². The Balaban J connectivity index is 2.01. The summed E-state index contributed by atoms with van der Waals surface area (Å²) in [4.78, 5) is 28.0. The van der Waals surface area contributed by atoms with Crippen molar-refractivity contribution in [1.82, 2.24) is 9.55 Å². The van der Waals surface area contributed by atoms with E-state index in [2.05, 4.69) is 18.8 Å². The van der Waals surface area contributed by atoms with Gasteiger partial charge in [0.15, 0.2) is 11.6 Å². The quantitative estimate of drug-likeness (QED) is 0.605. The Hall–Kier alpha value is -2.23. The normalized spacial score (nSPS) is 10.9. The minimum atomic E-state index is -0.244. The molecular formula is C17H20N2O2. The van der Waals surface area contributed by atoms with E-state index in [0.29, 0.717) is 17.2 Å². The summed E-state index contributed by atoms with van der Waals surface area (Å²) >= 11 is 0.